The van der Waals surface area contributed by atoms with Crippen LogP contribution >= 0.6 is 0 Å². The van der Waals surface area contributed by atoms with E-state index in [1.54, 1.807) is 53.4 Å². The van der Waals surface area contributed by atoms with Gasteiger partial charge in [-0.3, -0.25) is 9.59 Å². The van der Waals surface area contributed by atoms with Crippen LogP contribution in [0.15, 0.2) is 78.9 Å². The van der Waals surface area contributed by atoms with Crippen molar-refractivity contribution >= 4 is 17.5 Å². The number of amides is 2. The van der Waals surface area contributed by atoms with Gasteiger partial charge in [-0.1, -0.05) is 48.5 Å². The molecule has 0 bridgehead atoms. The summed E-state index contributed by atoms with van der Waals surface area (Å²) >= 11 is 0. The van der Waals surface area contributed by atoms with Crippen LogP contribution in [0, 0.1) is 11.3 Å². The van der Waals surface area contributed by atoms with Crippen LogP contribution in [0.1, 0.15) is 45.7 Å². The molecule has 30 heavy (non-hydrogen) atoms. The first-order valence-corrected chi connectivity index (χ1v) is 9.75. The van der Waals surface area contributed by atoms with Crippen LogP contribution in [0.3, 0.4) is 0 Å². The third-order valence-corrected chi connectivity index (χ3v) is 4.75. The van der Waals surface area contributed by atoms with Crippen LogP contribution in [-0.2, 0) is 6.54 Å². The van der Waals surface area contributed by atoms with Crippen LogP contribution in [0.25, 0.3) is 0 Å². The number of benzene rings is 3. The van der Waals surface area contributed by atoms with Gasteiger partial charge in [-0.15, -0.1) is 0 Å². The number of carbonyl (C=O) groups is 2. The lowest BCUT2D eigenvalue weighted by Crippen LogP contribution is -2.36. The molecule has 0 aromatic heterocycles. The number of hydrogen-bond acceptors (Lipinski definition) is 3. The first-order valence-electron chi connectivity index (χ1n) is 9.75. The van der Waals surface area contributed by atoms with Gasteiger partial charge < -0.3 is 10.2 Å². The number of carbonyl (C=O) groups excluding carboxylic acids is 2. The molecule has 3 rings (SSSR count). The molecule has 3 aromatic carbocycles. The zero-order chi connectivity index (χ0) is 21.5. The van der Waals surface area contributed by atoms with Gasteiger partial charge in [0.05, 0.1) is 11.3 Å². The minimum Gasteiger partial charge on any atom is -0.332 e. The fraction of sp³-hybridized carbons (Fsp3) is 0.160. The van der Waals surface area contributed by atoms with E-state index in [9.17, 15) is 14.9 Å². The summed E-state index contributed by atoms with van der Waals surface area (Å²) in [6, 6.07) is 25.3. The first-order chi connectivity index (χ1) is 14.5. The Kier molecular flexibility index (Phi) is 6.61. The van der Waals surface area contributed by atoms with Gasteiger partial charge in [-0.2, -0.15) is 5.26 Å². The van der Waals surface area contributed by atoms with E-state index in [0.717, 1.165) is 5.56 Å². The molecule has 0 aliphatic heterocycles. The minimum atomic E-state index is -0.369. The number of rotatable bonds is 6. The lowest BCUT2D eigenvalue weighted by molar-refractivity contribution is 0.0690. The second kappa shape index (κ2) is 9.53. The lowest BCUT2D eigenvalue weighted by atomic mass is 10.1. The second-order valence-corrected chi connectivity index (χ2v) is 7.20. The highest BCUT2D eigenvalue weighted by atomic mass is 16.2. The SMILES string of the molecule is CC(C)N(Cc1ccccc1)C(=O)c1cccc(C(=O)Nc2ccccc2C#N)c1. The average Bonchev–Trinajstić information content (AvgIpc) is 2.78. The van der Waals surface area contributed by atoms with E-state index in [4.69, 9.17) is 0 Å². The Morgan fingerprint density at radius 2 is 1.60 bits per heavy atom. The molecule has 5 nitrogen and oxygen atoms in total. The summed E-state index contributed by atoms with van der Waals surface area (Å²) < 4.78 is 0. The van der Waals surface area contributed by atoms with Crippen LogP contribution in [0.5, 0.6) is 0 Å². The Labute approximate surface area is 176 Å². The fourth-order valence-electron chi connectivity index (χ4n) is 3.11. The predicted molar refractivity (Wildman–Crippen MR) is 117 cm³/mol. The highest BCUT2D eigenvalue weighted by Gasteiger charge is 2.20. The van der Waals surface area contributed by atoms with E-state index in [1.807, 2.05) is 44.2 Å². The third-order valence-electron chi connectivity index (χ3n) is 4.75. The van der Waals surface area contributed by atoms with Gasteiger partial charge >= 0.3 is 0 Å². The van der Waals surface area contributed by atoms with E-state index >= 15 is 0 Å². The molecule has 0 fully saturated rings. The van der Waals surface area contributed by atoms with E-state index in [1.165, 1.54) is 0 Å². The van der Waals surface area contributed by atoms with Crippen molar-refractivity contribution in [3.05, 3.63) is 101 Å². The molecule has 0 unspecified atom stereocenters. The molecule has 0 aliphatic carbocycles. The van der Waals surface area contributed by atoms with Crippen molar-refractivity contribution in [2.24, 2.45) is 0 Å². The van der Waals surface area contributed by atoms with Crippen LogP contribution in [0.4, 0.5) is 5.69 Å². The van der Waals surface area contributed by atoms with Crippen molar-refractivity contribution in [3.8, 4) is 6.07 Å². The van der Waals surface area contributed by atoms with E-state index < -0.39 is 0 Å². The number of hydrogen-bond donors (Lipinski definition) is 1. The summed E-state index contributed by atoms with van der Waals surface area (Å²) in [5, 5.41) is 12.0. The maximum absolute atomic E-state index is 13.2. The summed E-state index contributed by atoms with van der Waals surface area (Å²) in [6.07, 6.45) is 0. The van der Waals surface area contributed by atoms with Crippen molar-refractivity contribution in [2.75, 3.05) is 5.32 Å². The Morgan fingerprint density at radius 3 is 2.30 bits per heavy atom. The largest absolute Gasteiger partial charge is 0.332 e. The zero-order valence-corrected chi connectivity index (χ0v) is 17.0. The number of nitrogens with one attached hydrogen (secondary N) is 1. The smallest absolute Gasteiger partial charge is 0.255 e. The van der Waals surface area contributed by atoms with Gasteiger partial charge in [0.2, 0.25) is 0 Å². The Bertz CT molecular complexity index is 1080. The van der Waals surface area contributed by atoms with Crippen molar-refractivity contribution in [1.29, 1.82) is 5.26 Å². The zero-order valence-electron chi connectivity index (χ0n) is 17.0. The second-order valence-electron chi connectivity index (χ2n) is 7.20. The van der Waals surface area contributed by atoms with Gasteiger partial charge in [-0.05, 0) is 49.7 Å². The Morgan fingerprint density at radius 1 is 0.933 bits per heavy atom. The van der Waals surface area contributed by atoms with Gasteiger partial charge in [0.1, 0.15) is 6.07 Å². The lowest BCUT2D eigenvalue weighted by Gasteiger charge is -2.27. The molecular weight excluding hydrogens is 374 g/mol. The molecule has 0 aliphatic rings. The number of anilines is 1. The molecule has 2 amide bonds. The predicted octanol–water partition coefficient (Wildman–Crippen LogP) is 4.86. The fourth-order valence-corrected chi connectivity index (χ4v) is 3.11. The third kappa shape index (κ3) is 4.92. The van der Waals surface area contributed by atoms with Gasteiger partial charge in [-0.25, -0.2) is 0 Å². The first kappa shape index (κ1) is 20.8. The van der Waals surface area contributed by atoms with E-state index in [-0.39, 0.29) is 17.9 Å². The van der Waals surface area contributed by atoms with Crippen molar-refractivity contribution in [2.45, 2.75) is 26.4 Å². The molecule has 0 saturated heterocycles. The van der Waals surface area contributed by atoms with Crippen molar-refractivity contribution < 1.29 is 9.59 Å². The van der Waals surface area contributed by atoms with Crippen molar-refractivity contribution in [1.82, 2.24) is 4.90 Å². The number of nitriles is 1. The Balaban J connectivity index is 1.81. The van der Waals surface area contributed by atoms with E-state index in [2.05, 4.69) is 11.4 Å². The molecular formula is C25H23N3O2. The van der Waals surface area contributed by atoms with Gasteiger partial charge in [0.25, 0.3) is 11.8 Å². The molecule has 0 atom stereocenters. The molecule has 150 valence electrons. The highest BCUT2D eigenvalue weighted by Crippen LogP contribution is 2.18. The van der Waals surface area contributed by atoms with E-state index in [0.29, 0.717) is 28.9 Å². The van der Waals surface area contributed by atoms with Crippen molar-refractivity contribution in [3.63, 3.8) is 0 Å². The number of nitrogens with zero attached hydrogens (tertiary/aromatic N) is 2. The summed E-state index contributed by atoms with van der Waals surface area (Å²) in [5.74, 6) is -0.507. The van der Waals surface area contributed by atoms with Crippen LogP contribution in [0.2, 0.25) is 0 Å². The maximum Gasteiger partial charge on any atom is 0.255 e. The molecule has 0 radical (unpaired) electrons. The normalized spacial score (nSPS) is 10.3. The monoisotopic (exact) mass is 397 g/mol. The van der Waals surface area contributed by atoms with Gasteiger partial charge in [0, 0.05) is 23.7 Å². The molecule has 3 aromatic rings. The summed E-state index contributed by atoms with van der Waals surface area (Å²) in [7, 11) is 0. The summed E-state index contributed by atoms with van der Waals surface area (Å²) in [5.41, 5.74) is 2.67. The van der Waals surface area contributed by atoms with Crippen LogP contribution in [-0.4, -0.2) is 22.8 Å². The molecule has 0 spiro atoms. The topological polar surface area (TPSA) is 73.2 Å². The standard InChI is InChI=1S/C25H23N3O2/c1-18(2)28(17-19-9-4-3-5-10-19)25(30)21-13-8-12-20(15-21)24(29)27-23-14-7-6-11-22(23)16-26/h3-15,18H,17H2,1-2H3,(H,27,29). The Hall–Kier alpha value is -3.91. The van der Waals surface area contributed by atoms with Crippen LogP contribution < -0.4 is 5.32 Å². The summed E-state index contributed by atoms with van der Waals surface area (Å²) in [4.78, 5) is 27.7. The minimum absolute atomic E-state index is 0.00213. The molecule has 1 N–H and O–H groups in total. The highest BCUT2D eigenvalue weighted by molar-refractivity contribution is 6.06. The molecule has 0 saturated carbocycles. The average molecular weight is 397 g/mol. The maximum atomic E-state index is 13.2. The molecule has 0 heterocycles. The van der Waals surface area contributed by atoms with Gasteiger partial charge in [0.15, 0.2) is 0 Å². The quantitative estimate of drug-likeness (QED) is 0.645. The summed E-state index contributed by atoms with van der Waals surface area (Å²) in [6.45, 7) is 4.43. The number of para-hydroxylation sites is 1. The molecule has 5 heteroatoms.